The van der Waals surface area contributed by atoms with E-state index in [4.69, 9.17) is 0 Å². The molecule has 0 amide bonds. The Balaban J connectivity index is 2.70. The minimum Gasteiger partial charge on any atom is -0.264 e. The van der Waals surface area contributed by atoms with Crippen molar-refractivity contribution in [2.45, 2.75) is 25.5 Å². The number of fused-ring (bicyclic) bond motifs is 1. The van der Waals surface area contributed by atoms with Crippen molar-refractivity contribution in [1.29, 1.82) is 0 Å². The van der Waals surface area contributed by atoms with Gasteiger partial charge in [-0.15, -0.1) is 0 Å². The lowest BCUT2D eigenvalue weighted by Gasteiger charge is -2.18. The zero-order chi connectivity index (χ0) is 11.1. The predicted molar refractivity (Wildman–Crippen MR) is 68.5 cm³/mol. The summed E-state index contributed by atoms with van der Waals surface area (Å²) in [6, 6.07) is 6.44. The van der Waals surface area contributed by atoms with E-state index in [0.717, 1.165) is 0 Å². The van der Waals surface area contributed by atoms with Gasteiger partial charge in [0.05, 0.1) is 0 Å². The number of thiol groups is 1. The van der Waals surface area contributed by atoms with E-state index in [1.807, 2.05) is 12.4 Å². The minimum absolute atomic E-state index is 0.0934. The van der Waals surface area contributed by atoms with Crippen LogP contribution in [-0.4, -0.2) is 4.98 Å². The molecular weight excluding hydrogens is 202 g/mol. The Hall–Kier alpha value is -1.02. The summed E-state index contributed by atoms with van der Waals surface area (Å²) in [6.45, 7) is 6.30. The smallest absolute Gasteiger partial charge is 0.0346 e. The second-order valence-electron chi connectivity index (χ2n) is 4.45. The van der Waals surface area contributed by atoms with Crippen molar-refractivity contribution in [3.8, 4) is 0 Å². The summed E-state index contributed by atoms with van der Waals surface area (Å²) in [5.74, 6) is 0. The fourth-order valence-corrected chi connectivity index (χ4v) is 1.83. The highest BCUT2D eigenvalue weighted by molar-refractivity contribution is 7.81. The van der Waals surface area contributed by atoms with Crippen molar-refractivity contribution in [3.63, 3.8) is 0 Å². The van der Waals surface area contributed by atoms with Crippen LogP contribution in [-0.2, 0) is 4.75 Å². The first kappa shape index (κ1) is 10.5. The first-order valence-electron chi connectivity index (χ1n) is 5.06. The van der Waals surface area contributed by atoms with Gasteiger partial charge in [0.15, 0.2) is 0 Å². The van der Waals surface area contributed by atoms with Crippen LogP contribution in [0.15, 0.2) is 30.6 Å². The SMILES string of the molecule is Cc1cncc2ccc(C(C)(C)S)cc12. The molecule has 1 nitrogen and oxygen atoms in total. The molecule has 1 heterocycles. The maximum atomic E-state index is 4.59. The lowest BCUT2D eigenvalue weighted by atomic mass is 9.98. The van der Waals surface area contributed by atoms with Crippen molar-refractivity contribution in [1.82, 2.24) is 4.98 Å². The molecule has 0 radical (unpaired) electrons. The molecule has 0 bridgehead atoms. The highest BCUT2D eigenvalue weighted by Crippen LogP contribution is 2.30. The first-order chi connectivity index (χ1) is 6.98. The second kappa shape index (κ2) is 3.53. The molecule has 78 valence electrons. The Kier molecular flexibility index (Phi) is 2.47. The van der Waals surface area contributed by atoms with Crippen LogP contribution in [0.1, 0.15) is 25.0 Å². The molecule has 0 N–H and O–H groups in total. The molecule has 0 aliphatic heterocycles. The maximum absolute atomic E-state index is 4.59. The van der Waals surface area contributed by atoms with Gasteiger partial charge < -0.3 is 0 Å². The summed E-state index contributed by atoms with van der Waals surface area (Å²) in [7, 11) is 0. The van der Waals surface area contributed by atoms with E-state index in [1.54, 1.807) is 0 Å². The largest absolute Gasteiger partial charge is 0.264 e. The fourth-order valence-electron chi connectivity index (χ4n) is 1.69. The third-order valence-electron chi connectivity index (χ3n) is 2.67. The summed E-state index contributed by atoms with van der Waals surface area (Å²) >= 11 is 4.59. The third kappa shape index (κ3) is 2.00. The van der Waals surface area contributed by atoms with Crippen LogP contribution in [0.4, 0.5) is 0 Å². The number of aryl methyl sites for hydroxylation is 1. The number of pyridine rings is 1. The minimum atomic E-state index is -0.0934. The van der Waals surface area contributed by atoms with Gasteiger partial charge in [-0.1, -0.05) is 12.1 Å². The van der Waals surface area contributed by atoms with E-state index in [2.05, 4.69) is 56.6 Å². The monoisotopic (exact) mass is 217 g/mol. The van der Waals surface area contributed by atoms with Crippen LogP contribution in [0, 0.1) is 6.92 Å². The Bertz CT molecular complexity index is 497. The quantitative estimate of drug-likeness (QED) is 0.718. The van der Waals surface area contributed by atoms with Crippen molar-refractivity contribution in [3.05, 3.63) is 41.7 Å². The topological polar surface area (TPSA) is 12.9 Å². The highest BCUT2D eigenvalue weighted by atomic mass is 32.1. The zero-order valence-corrected chi connectivity index (χ0v) is 10.2. The van der Waals surface area contributed by atoms with E-state index >= 15 is 0 Å². The number of hydrogen-bond donors (Lipinski definition) is 1. The van der Waals surface area contributed by atoms with Gasteiger partial charge in [0.25, 0.3) is 0 Å². The van der Waals surface area contributed by atoms with Crippen LogP contribution in [0.25, 0.3) is 10.8 Å². The second-order valence-corrected chi connectivity index (χ2v) is 5.57. The van der Waals surface area contributed by atoms with Crippen molar-refractivity contribution in [2.75, 3.05) is 0 Å². The van der Waals surface area contributed by atoms with Gasteiger partial charge in [-0.2, -0.15) is 12.6 Å². The summed E-state index contributed by atoms with van der Waals surface area (Å²) in [6.07, 6.45) is 3.80. The van der Waals surface area contributed by atoms with E-state index in [-0.39, 0.29) is 4.75 Å². The van der Waals surface area contributed by atoms with Crippen LogP contribution >= 0.6 is 12.6 Å². The molecular formula is C13H15NS. The number of hydrogen-bond acceptors (Lipinski definition) is 2. The van der Waals surface area contributed by atoms with Gasteiger partial charge in [0, 0.05) is 22.5 Å². The lowest BCUT2D eigenvalue weighted by Crippen LogP contribution is -2.07. The first-order valence-corrected chi connectivity index (χ1v) is 5.50. The van der Waals surface area contributed by atoms with Gasteiger partial charge in [0.2, 0.25) is 0 Å². The molecule has 15 heavy (non-hydrogen) atoms. The highest BCUT2D eigenvalue weighted by Gasteiger charge is 2.15. The van der Waals surface area contributed by atoms with E-state index in [0.29, 0.717) is 0 Å². The standard InChI is InChI=1S/C13H15NS/c1-9-7-14-8-10-4-5-11(6-12(9)10)13(2,3)15/h4-8,15H,1-3H3. The Labute approximate surface area is 95.9 Å². The number of nitrogens with zero attached hydrogens (tertiary/aromatic N) is 1. The van der Waals surface area contributed by atoms with Crippen LogP contribution in [0.5, 0.6) is 0 Å². The van der Waals surface area contributed by atoms with Gasteiger partial charge in [-0.3, -0.25) is 4.98 Å². The molecule has 2 heteroatoms. The number of benzene rings is 1. The molecule has 2 rings (SSSR count). The third-order valence-corrected chi connectivity index (χ3v) is 2.92. The molecule has 0 fully saturated rings. The van der Waals surface area contributed by atoms with Crippen molar-refractivity contribution in [2.24, 2.45) is 0 Å². The summed E-state index contributed by atoms with van der Waals surface area (Å²) < 4.78 is -0.0934. The Morgan fingerprint density at radius 1 is 1.20 bits per heavy atom. The van der Waals surface area contributed by atoms with Gasteiger partial charge in [0.1, 0.15) is 0 Å². The van der Waals surface area contributed by atoms with Gasteiger partial charge in [-0.25, -0.2) is 0 Å². The molecule has 0 saturated carbocycles. The van der Waals surface area contributed by atoms with E-state index < -0.39 is 0 Å². The van der Waals surface area contributed by atoms with Crippen LogP contribution < -0.4 is 0 Å². The molecule has 2 aromatic rings. The van der Waals surface area contributed by atoms with Crippen molar-refractivity contribution >= 4 is 23.4 Å². The summed E-state index contributed by atoms with van der Waals surface area (Å²) in [4.78, 5) is 4.19. The normalized spacial score (nSPS) is 12.0. The van der Waals surface area contributed by atoms with Gasteiger partial charge >= 0.3 is 0 Å². The van der Waals surface area contributed by atoms with E-state index in [9.17, 15) is 0 Å². The molecule has 1 aromatic heterocycles. The van der Waals surface area contributed by atoms with Crippen LogP contribution in [0.2, 0.25) is 0 Å². The summed E-state index contributed by atoms with van der Waals surface area (Å²) in [5, 5.41) is 2.46. The molecule has 0 atom stereocenters. The Morgan fingerprint density at radius 2 is 1.93 bits per heavy atom. The Morgan fingerprint density at radius 3 is 2.60 bits per heavy atom. The predicted octanol–water partition coefficient (Wildman–Crippen LogP) is 3.71. The van der Waals surface area contributed by atoms with Crippen molar-refractivity contribution < 1.29 is 0 Å². The maximum Gasteiger partial charge on any atom is 0.0346 e. The van der Waals surface area contributed by atoms with Crippen LogP contribution in [0.3, 0.4) is 0 Å². The molecule has 1 aromatic carbocycles. The number of rotatable bonds is 1. The number of aromatic nitrogens is 1. The fraction of sp³-hybridized carbons (Fsp3) is 0.308. The molecule has 0 aliphatic rings. The van der Waals surface area contributed by atoms with E-state index in [1.165, 1.54) is 21.9 Å². The molecule has 0 aliphatic carbocycles. The molecule has 0 spiro atoms. The lowest BCUT2D eigenvalue weighted by molar-refractivity contribution is 0.793. The van der Waals surface area contributed by atoms with Gasteiger partial charge in [-0.05, 0) is 43.4 Å². The zero-order valence-electron chi connectivity index (χ0n) is 9.28. The average Bonchev–Trinajstić information content (AvgIpc) is 2.16. The summed E-state index contributed by atoms with van der Waals surface area (Å²) in [5.41, 5.74) is 2.46. The average molecular weight is 217 g/mol. The molecule has 0 saturated heterocycles. The molecule has 0 unspecified atom stereocenters.